The Balaban J connectivity index is 2.93. The first-order valence-corrected chi connectivity index (χ1v) is 11.0. The van der Waals surface area contributed by atoms with Gasteiger partial charge in [-0.15, -0.1) is 0 Å². The van der Waals surface area contributed by atoms with Crippen molar-refractivity contribution >= 4 is 24.5 Å². The van der Waals surface area contributed by atoms with Gasteiger partial charge in [-0.1, -0.05) is 36.7 Å². The molecule has 0 unspecified atom stereocenters. The van der Waals surface area contributed by atoms with Crippen LogP contribution >= 0.6 is 0 Å². The number of hydrogen-bond donors (Lipinski definition) is 0. The maximum Gasteiger partial charge on any atom is 0.306 e. The summed E-state index contributed by atoms with van der Waals surface area (Å²) in [7, 11) is 1.28. The molecule has 1 rings (SSSR count). The predicted molar refractivity (Wildman–Crippen MR) is 124 cm³/mol. The van der Waals surface area contributed by atoms with Crippen molar-refractivity contribution in [1.29, 1.82) is 0 Å². The lowest BCUT2D eigenvalue weighted by Gasteiger charge is -2.26. The normalized spacial score (nSPS) is 12.6. The quantitative estimate of drug-likeness (QED) is 0.271. The molecule has 0 fully saturated rings. The number of rotatable bonds is 11. The van der Waals surface area contributed by atoms with Crippen LogP contribution in [0.3, 0.4) is 0 Å². The summed E-state index contributed by atoms with van der Waals surface area (Å²) in [6.45, 7) is 10.3. The zero-order chi connectivity index (χ0) is 24.4. The Morgan fingerprint density at radius 1 is 0.969 bits per heavy atom. The van der Waals surface area contributed by atoms with Crippen molar-refractivity contribution in [3.63, 3.8) is 0 Å². The first-order valence-electron chi connectivity index (χ1n) is 11.0. The first kappa shape index (κ1) is 27.7. The number of hydrogen-bond acceptors (Lipinski definition) is 7. The van der Waals surface area contributed by atoms with Crippen molar-refractivity contribution in [2.75, 3.05) is 13.7 Å². The van der Waals surface area contributed by atoms with E-state index in [1.165, 1.54) is 7.11 Å². The van der Waals surface area contributed by atoms with Crippen molar-refractivity contribution in [3.8, 4) is 0 Å². The van der Waals surface area contributed by atoms with Gasteiger partial charge in [0.05, 0.1) is 25.1 Å². The van der Waals surface area contributed by atoms with Crippen LogP contribution in [0.2, 0.25) is 12.1 Å². The van der Waals surface area contributed by atoms with Crippen molar-refractivity contribution in [2.24, 2.45) is 0 Å². The lowest BCUT2D eigenvalue weighted by Crippen LogP contribution is -2.40. The summed E-state index contributed by atoms with van der Waals surface area (Å²) in [6.07, 6.45) is 0.761. The lowest BCUT2D eigenvalue weighted by molar-refractivity contribution is -0.154. The Labute approximate surface area is 192 Å². The second kappa shape index (κ2) is 12.6. The van der Waals surface area contributed by atoms with E-state index >= 15 is 0 Å². The van der Waals surface area contributed by atoms with E-state index in [2.05, 4.69) is 0 Å². The third-order valence-corrected chi connectivity index (χ3v) is 4.53. The molecular formula is C24H37BO7. The molecule has 1 atom stereocenters. The number of esters is 2. The summed E-state index contributed by atoms with van der Waals surface area (Å²) in [6, 6.07) is 9.30. The standard InChI is InChI=1S/C24H37BO7/c1-23(2,3)31-17-19(21(27)29-7)25(15-11-14-20(26)32-24(4,5)6)22(28)30-16-18-12-9-8-10-13-18/h8-10,12-13,19H,11,14-17H2,1-7H3/t19-/m1/s1. The van der Waals surface area contributed by atoms with Gasteiger partial charge in [0, 0.05) is 6.42 Å². The van der Waals surface area contributed by atoms with Gasteiger partial charge in [-0.25, -0.2) is 0 Å². The maximum absolute atomic E-state index is 13.0. The van der Waals surface area contributed by atoms with Crippen LogP contribution in [-0.4, -0.2) is 49.4 Å². The lowest BCUT2D eigenvalue weighted by atomic mass is 9.38. The summed E-state index contributed by atoms with van der Waals surface area (Å²) in [5, 5.41) is 0. The van der Waals surface area contributed by atoms with E-state index in [9.17, 15) is 14.4 Å². The molecule has 0 saturated carbocycles. The average molecular weight is 448 g/mol. The van der Waals surface area contributed by atoms with Crippen LogP contribution in [0.1, 0.15) is 59.9 Å². The van der Waals surface area contributed by atoms with E-state index in [4.69, 9.17) is 18.9 Å². The molecule has 0 bridgehead atoms. The molecule has 0 aliphatic carbocycles. The first-order chi connectivity index (χ1) is 14.8. The average Bonchev–Trinajstić information content (AvgIpc) is 2.69. The van der Waals surface area contributed by atoms with Crippen LogP contribution in [0.4, 0.5) is 4.79 Å². The van der Waals surface area contributed by atoms with Gasteiger partial charge in [-0.3, -0.25) is 14.4 Å². The monoisotopic (exact) mass is 448 g/mol. The minimum absolute atomic E-state index is 0.00765. The van der Waals surface area contributed by atoms with Crippen LogP contribution < -0.4 is 0 Å². The Morgan fingerprint density at radius 3 is 2.12 bits per heavy atom. The van der Waals surface area contributed by atoms with Crippen molar-refractivity contribution in [3.05, 3.63) is 35.9 Å². The predicted octanol–water partition coefficient (Wildman–Crippen LogP) is 4.88. The van der Waals surface area contributed by atoms with E-state index in [0.717, 1.165) is 5.56 Å². The molecule has 0 heterocycles. The molecule has 1 aromatic rings. The SMILES string of the molecule is COC(=O)[C@@H](COC(C)(C)C)B(CCCC(=O)OC(C)(C)C)C(=O)OCc1ccccc1. The fourth-order valence-electron chi connectivity index (χ4n) is 3.02. The van der Waals surface area contributed by atoms with Crippen molar-refractivity contribution in [2.45, 2.75) is 84.3 Å². The molecule has 0 saturated heterocycles. The minimum atomic E-state index is -0.846. The van der Waals surface area contributed by atoms with Gasteiger partial charge in [-0.05, 0) is 53.5 Å². The van der Waals surface area contributed by atoms with E-state index in [1.54, 1.807) is 20.8 Å². The van der Waals surface area contributed by atoms with Crippen LogP contribution in [0, 0.1) is 0 Å². The Morgan fingerprint density at radius 2 is 1.59 bits per heavy atom. The van der Waals surface area contributed by atoms with E-state index in [0.29, 0.717) is 6.42 Å². The third-order valence-electron chi connectivity index (χ3n) is 4.53. The number of methoxy groups -OCH3 is 1. The van der Waals surface area contributed by atoms with Crippen LogP contribution in [0.15, 0.2) is 30.3 Å². The molecule has 0 aliphatic rings. The topological polar surface area (TPSA) is 88.1 Å². The summed E-state index contributed by atoms with van der Waals surface area (Å²) in [4.78, 5) is 37.6. The smallest absolute Gasteiger partial charge is 0.306 e. The molecule has 1 aromatic carbocycles. The highest BCUT2D eigenvalue weighted by Crippen LogP contribution is 2.24. The van der Waals surface area contributed by atoms with Gasteiger partial charge < -0.3 is 18.9 Å². The summed E-state index contributed by atoms with van der Waals surface area (Å²) in [5.41, 5.74) is -0.240. The van der Waals surface area contributed by atoms with Crippen LogP contribution in [0.5, 0.6) is 0 Å². The van der Waals surface area contributed by atoms with Gasteiger partial charge in [0.1, 0.15) is 12.2 Å². The highest BCUT2D eigenvalue weighted by atomic mass is 16.6. The molecule has 0 radical (unpaired) electrons. The molecule has 8 heteroatoms. The van der Waals surface area contributed by atoms with E-state index in [-0.39, 0.29) is 31.9 Å². The maximum atomic E-state index is 13.0. The van der Waals surface area contributed by atoms with Crippen LogP contribution in [-0.2, 0) is 35.1 Å². The molecule has 0 N–H and O–H groups in total. The molecule has 0 spiro atoms. The number of carbonyl (C=O) groups excluding carboxylic acids is 3. The Hall–Kier alpha value is -2.35. The second-order valence-corrected chi connectivity index (χ2v) is 9.73. The number of ether oxygens (including phenoxy) is 4. The number of benzene rings is 1. The fourth-order valence-corrected chi connectivity index (χ4v) is 3.02. The fraction of sp³-hybridized carbons (Fsp3) is 0.625. The minimum Gasteiger partial charge on any atom is -0.469 e. The molecule has 0 amide bonds. The van der Waals surface area contributed by atoms with Gasteiger partial charge in [0.25, 0.3) is 12.6 Å². The molecule has 178 valence electrons. The van der Waals surface area contributed by atoms with Crippen LogP contribution in [0.25, 0.3) is 0 Å². The molecule has 0 aromatic heterocycles. The highest BCUT2D eigenvalue weighted by Gasteiger charge is 2.40. The van der Waals surface area contributed by atoms with E-state index < -0.39 is 35.6 Å². The molecular weight excluding hydrogens is 411 g/mol. The molecule has 32 heavy (non-hydrogen) atoms. The summed E-state index contributed by atoms with van der Waals surface area (Å²) >= 11 is 0. The highest BCUT2D eigenvalue weighted by molar-refractivity contribution is 6.91. The zero-order valence-electron chi connectivity index (χ0n) is 20.4. The zero-order valence-corrected chi connectivity index (χ0v) is 20.4. The molecule has 0 aliphatic heterocycles. The Kier molecular flexibility index (Phi) is 10.9. The Bertz CT molecular complexity index is 735. The summed E-state index contributed by atoms with van der Waals surface area (Å²) in [5.74, 6) is -2.27. The van der Waals surface area contributed by atoms with Gasteiger partial charge >= 0.3 is 11.9 Å². The van der Waals surface area contributed by atoms with Crippen molar-refractivity contribution in [1.82, 2.24) is 0 Å². The third kappa shape index (κ3) is 11.3. The van der Waals surface area contributed by atoms with Gasteiger partial charge in [0.15, 0.2) is 0 Å². The molecule has 7 nitrogen and oxygen atoms in total. The van der Waals surface area contributed by atoms with Gasteiger partial charge in [0.2, 0.25) is 0 Å². The van der Waals surface area contributed by atoms with E-state index in [1.807, 2.05) is 51.1 Å². The largest absolute Gasteiger partial charge is 0.469 e. The second-order valence-electron chi connectivity index (χ2n) is 9.73. The number of carbonyl (C=O) groups is 3. The van der Waals surface area contributed by atoms with Gasteiger partial charge in [-0.2, -0.15) is 0 Å². The van der Waals surface area contributed by atoms with Crippen molar-refractivity contribution < 1.29 is 33.3 Å². The summed E-state index contributed by atoms with van der Waals surface area (Å²) < 4.78 is 21.6.